The molecule has 0 unspecified atom stereocenters. The molecule has 0 fully saturated rings. The van der Waals surface area contributed by atoms with Crippen LogP contribution in [0.15, 0.2) is 9.98 Å². The number of carbonyl (C=O) groups excluding carboxylic acids is 2. The summed E-state index contributed by atoms with van der Waals surface area (Å²) in [5, 5.41) is 4.16. The summed E-state index contributed by atoms with van der Waals surface area (Å²) in [6.45, 7) is 0.333. The van der Waals surface area contributed by atoms with Crippen molar-refractivity contribution in [2.45, 2.75) is 38.5 Å². The molecule has 0 spiro atoms. The number of hydrogen-bond acceptors (Lipinski definition) is 16. The first-order valence-electron chi connectivity index (χ1n) is 14.2. The van der Waals surface area contributed by atoms with Crippen LogP contribution in [-0.2, 0) is 19.7 Å². The fraction of sp³-hybridized carbons (Fsp3) is 0.500. The third-order valence-electron chi connectivity index (χ3n) is 6.17. The van der Waals surface area contributed by atoms with Gasteiger partial charge in [-0.1, -0.05) is 29.6 Å². The molecule has 0 radical (unpaired) electrons. The van der Waals surface area contributed by atoms with Gasteiger partial charge in [0.1, 0.15) is 19.7 Å². The Bertz CT molecular complexity index is 1760. The number of aromatic nitrogens is 4. The molecule has 24 heteroatoms. The number of guanidine groups is 2. The summed E-state index contributed by atoms with van der Waals surface area (Å²) in [4.78, 5) is 47.3. The summed E-state index contributed by atoms with van der Waals surface area (Å²) in [5.41, 5.74) is 33.0. The fourth-order valence-electron chi connectivity index (χ4n) is 3.79. The second kappa shape index (κ2) is 18.3. The Labute approximate surface area is 286 Å². The number of hydrogen-bond donors (Lipinski definition) is 8. The van der Waals surface area contributed by atoms with Crippen LogP contribution in [0.4, 0.5) is 23.3 Å². The number of nitrogens with one attached hydrogen (secondary N) is 2. The number of carbonyl (C=O) groups is 2. The summed E-state index contributed by atoms with van der Waals surface area (Å²) in [6.07, 6.45) is 1.89. The number of sulfone groups is 2. The normalized spacial score (nSPS) is 12.5. The first kappa shape index (κ1) is 39.9. The molecule has 2 rings (SSSR count). The van der Waals surface area contributed by atoms with Gasteiger partial charge in [0.15, 0.2) is 56.9 Å². The number of amides is 2. The molecule has 48 heavy (non-hydrogen) atoms. The zero-order chi connectivity index (χ0) is 36.1. The summed E-state index contributed by atoms with van der Waals surface area (Å²) >= 11 is 11.5. The molecule has 0 atom stereocenters. The summed E-state index contributed by atoms with van der Waals surface area (Å²) in [7, 11) is -6.96. The van der Waals surface area contributed by atoms with E-state index >= 15 is 0 Å². The van der Waals surface area contributed by atoms with Crippen molar-refractivity contribution in [3.05, 3.63) is 21.7 Å². The molecule has 2 heterocycles. The molecule has 0 aliphatic rings. The van der Waals surface area contributed by atoms with Crippen LogP contribution in [0.3, 0.4) is 0 Å². The second-order valence-electron chi connectivity index (χ2n) is 10.1. The second-order valence-corrected chi connectivity index (χ2v) is 15.5. The number of rotatable bonds is 17. The lowest BCUT2D eigenvalue weighted by molar-refractivity contribution is 0.0964. The van der Waals surface area contributed by atoms with E-state index in [0.717, 1.165) is 0 Å². The predicted octanol–water partition coefficient (Wildman–Crippen LogP) is -1.14. The number of nitrogen functional groups attached to an aromatic ring is 4. The monoisotopic (exact) mass is 752 g/mol. The Morgan fingerprint density at radius 1 is 0.562 bits per heavy atom. The third kappa shape index (κ3) is 13.8. The molecule has 0 aliphatic heterocycles. The van der Waals surface area contributed by atoms with Crippen LogP contribution in [0.1, 0.15) is 59.5 Å². The number of anilines is 4. The average molecular weight is 754 g/mol. The average Bonchev–Trinajstić information content (AvgIpc) is 2.97. The van der Waals surface area contributed by atoms with Gasteiger partial charge in [0.25, 0.3) is 11.8 Å². The summed E-state index contributed by atoms with van der Waals surface area (Å²) < 4.78 is 49.4. The van der Waals surface area contributed by atoms with Crippen molar-refractivity contribution < 1.29 is 26.4 Å². The Kier molecular flexibility index (Phi) is 15.2. The Balaban J connectivity index is 1.62. The quantitative estimate of drug-likeness (QED) is 0.0537. The number of unbranched alkanes of at least 4 members (excludes halogenated alkanes) is 3. The van der Waals surface area contributed by atoms with E-state index in [1.807, 2.05) is 0 Å². The number of nitrogens with two attached hydrogens (primary N) is 6. The fourth-order valence-corrected chi connectivity index (χ4v) is 7.09. The summed E-state index contributed by atoms with van der Waals surface area (Å²) in [5.74, 6) is -3.60. The SMILES string of the molecule is NC(=NCCCCCS(=O)(=O)CCCS(=O)(=O)CCCCN=C(N)NC(=O)c1nc(Cl)c(N)nc1N)NC(=O)c1nc(Cl)c(N)nc1N. The van der Waals surface area contributed by atoms with Crippen LogP contribution < -0.4 is 45.0 Å². The number of halogens is 2. The molecular weight excluding hydrogens is 715 g/mol. The van der Waals surface area contributed by atoms with E-state index in [1.165, 1.54) is 0 Å². The van der Waals surface area contributed by atoms with Gasteiger partial charge in [0.2, 0.25) is 0 Å². The van der Waals surface area contributed by atoms with Crippen molar-refractivity contribution in [3.8, 4) is 0 Å². The topological polar surface area (TPSA) is 359 Å². The van der Waals surface area contributed by atoms with Crippen LogP contribution in [0.2, 0.25) is 10.3 Å². The molecule has 0 saturated carbocycles. The van der Waals surface area contributed by atoms with Crippen LogP contribution in [0.5, 0.6) is 0 Å². The molecule has 2 amide bonds. The van der Waals surface area contributed by atoms with Crippen molar-refractivity contribution in [2.75, 3.05) is 59.0 Å². The van der Waals surface area contributed by atoms with Gasteiger partial charge < -0.3 is 34.4 Å². The van der Waals surface area contributed by atoms with Gasteiger partial charge in [0.05, 0.1) is 23.0 Å². The first-order valence-corrected chi connectivity index (χ1v) is 18.6. The van der Waals surface area contributed by atoms with Gasteiger partial charge in [-0.25, -0.2) is 36.8 Å². The van der Waals surface area contributed by atoms with Crippen LogP contribution in [0.25, 0.3) is 0 Å². The lowest BCUT2D eigenvalue weighted by atomic mass is 10.2. The Morgan fingerprint density at radius 3 is 1.33 bits per heavy atom. The minimum atomic E-state index is -3.49. The van der Waals surface area contributed by atoms with Crippen molar-refractivity contribution in [1.82, 2.24) is 30.6 Å². The van der Waals surface area contributed by atoms with Gasteiger partial charge in [-0.3, -0.25) is 30.2 Å². The van der Waals surface area contributed by atoms with Crippen molar-refractivity contribution >= 4 is 89.9 Å². The highest BCUT2D eigenvalue weighted by Crippen LogP contribution is 2.18. The largest absolute Gasteiger partial charge is 0.382 e. The number of nitrogens with zero attached hydrogens (tertiary/aromatic N) is 6. The van der Waals surface area contributed by atoms with Gasteiger partial charge in [-0.15, -0.1) is 0 Å². The summed E-state index contributed by atoms with van der Waals surface area (Å²) in [6, 6.07) is 0. The van der Waals surface area contributed by atoms with E-state index in [4.69, 9.17) is 57.6 Å². The van der Waals surface area contributed by atoms with Gasteiger partial charge in [0, 0.05) is 13.1 Å². The first-order chi connectivity index (χ1) is 22.4. The predicted molar refractivity (Wildman–Crippen MR) is 185 cm³/mol. The number of aliphatic imine (C=N–C) groups is 2. The molecule has 0 aliphatic carbocycles. The Hall–Kier alpha value is -4.28. The maximum absolute atomic E-state index is 12.4. The smallest absolute Gasteiger partial charge is 0.280 e. The zero-order valence-corrected chi connectivity index (χ0v) is 28.8. The maximum Gasteiger partial charge on any atom is 0.280 e. The lowest BCUT2D eigenvalue weighted by Crippen LogP contribution is -2.38. The van der Waals surface area contributed by atoms with Crippen molar-refractivity contribution in [2.24, 2.45) is 21.5 Å². The van der Waals surface area contributed by atoms with E-state index in [1.54, 1.807) is 0 Å². The molecule has 2 aromatic heterocycles. The zero-order valence-electron chi connectivity index (χ0n) is 25.7. The maximum atomic E-state index is 12.4. The van der Waals surface area contributed by atoms with Crippen molar-refractivity contribution in [3.63, 3.8) is 0 Å². The van der Waals surface area contributed by atoms with E-state index in [-0.39, 0.29) is 106 Å². The highest BCUT2D eigenvalue weighted by molar-refractivity contribution is 7.92. The lowest BCUT2D eigenvalue weighted by Gasteiger charge is -2.08. The molecule has 266 valence electrons. The van der Waals surface area contributed by atoms with E-state index in [9.17, 15) is 26.4 Å². The molecule has 0 aromatic carbocycles. The Morgan fingerprint density at radius 2 is 0.917 bits per heavy atom. The standard InChI is InChI=1S/C24H38Cl2N14O6S2/c25-15-19(29)37-17(27)13(35-15)21(41)39-23(31)33-7-2-1-4-9-47(43,44)11-6-12-48(45,46)10-5-3-8-34-24(32)40-22(42)14-18(28)38-20(30)16(26)36-14/h1-12H2,(H4,27,29,37)(H4,28,30,38)(H3,31,33,39,41)(H3,32,34,40,42). The van der Waals surface area contributed by atoms with E-state index < -0.39 is 31.5 Å². The highest BCUT2D eigenvalue weighted by atomic mass is 35.5. The third-order valence-corrected chi connectivity index (χ3v) is 10.4. The van der Waals surface area contributed by atoms with Crippen LogP contribution in [-0.4, -0.2) is 96.6 Å². The molecule has 2 aromatic rings. The highest BCUT2D eigenvalue weighted by Gasteiger charge is 2.19. The van der Waals surface area contributed by atoms with Gasteiger partial charge in [-0.2, -0.15) is 0 Å². The van der Waals surface area contributed by atoms with E-state index in [0.29, 0.717) is 25.7 Å². The molecular formula is C24H38Cl2N14O6S2. The van der Waals surface area contributed by atoms with Crippen molar-refractivity contribution in [1.29, 1.82) is 0 Å². The van der Waals surface area contributed by atoms with Gasteiger partial charge >= 0.3 is 0 Å². The minimum Gasteiger partial charge on any atom is -0.382 e. The van der Waals surface area contributed by atoms with Crippen LogP contribution in [0, 0.1) is 0 Å². The molecule has 14 N–H and O–H groups in total. The molecule has 0 bridgehead atoms. The molecule has 0 saturated heterocycles. The van der Waals surface area contributed by atoms with Gasteiger partial charge in [-0.05, 0) is 32.1 Å². The minimum absolute atomic E-state index is 0.0301. The van der Waals surface area contributed by atoms with Crippen LogP contribution >= 0.6 is 23.2 Å². The molecule has 20 nitrogen and oxygen atoms in total. The van der Waals surface area contributed by atoms with E-state index in [2.05, 4.69) is 40.6 Å².